The van der Waals surface area contributed by atoms with E-state index in [1.165, 1.54) is 70.4 Å². The first kappa shape index (κ1) is 15.1. The molecule has 0 unspecified atom stereocenters. The quantitative estimate of drug-likeness (QED) is 0.330. The Hall–Kier alpha value is 0.0649. The molecule has 0 radical (unpaired) electrons. The van der Waals surface area contributed by atoms with E-state index in [4.69, 9.17) is 0 Å². The van der Waals surface area contributed by atoms with Crippen LogP contribution in [0.2, 0.25) is 18.5 Å². The van der Waals surface area contributed by atoms with Gasteiger partial charge in [-0.1, -0.05) is 103 Å². The zero-order valence-electron chi connectivity index (χ0n) is 12.3. The molecule has 1 saturated carbocycles. The lowest BCUT2D eigenvalue weighted by atomic mass is 9.34. The molecule has 0 spiro atoms. The summed E-state index contributed by atoms with van der Waals surface area (Å²) in [6.45, 7) is 5.73. The maximum Gasteiger partial charge on any atom is 0.143 e. The molecule has 0 nitrogen and oxygen atoms in total. The molecule has 0 aromatic carbocycles. The van der Waals surface area contributed by atoms with Crippen LogP contribution in [-0.2, 0) is 0 Å². The second-order valence-corrected chi connectivity index (χ2v) is 6.15. The van der Waals surface area contributed by atoms with E-state index in [0.717, 1.165) is 12.5 Å². The molecule has 17 heavy (non-hydrogen) atoms. The van der Waals surface area contributed by atoms with Crippen molar-refractivity contribution in [2.45, 2.75) is 103 Å². The zero-order chi connectivity index (χ0) is 12.3. The smallest absolute Gasteiger partial charge is 0.0739 e. The fraction of sp³-hybridized carbons (Fsp3) is 1.00. The lowest BCUT2D eigenvalue weighted by molar-refractivity contribution is 0.492. The highest BCUT2D eigenvalue weighted by Crippen LogP contribution is 2.35. The van der Waals surface area contributed by atoms with Crippen LogP contribution in [0.4, 0.5) is 0 Å². The van der Waals surface area contributed by atoms with Gasteiger partial charge in [-0.15, -0.1) is 0 Å². The summed E-state index contributed by atoms with van der Waals surface area (Å²) in [6, 6.07) is 0. The minimum Gasteiger partial charge on any atom is -0.0739 e. The maximum atomic E-state index is 2.33. The molecule has 0 N–H and O–H groups in total. The highest BCUT2D eigenvalue weighted by atomic mass is 14.1. The first-order valence-electron chi connectivity index (χ1n) is 8.38. The van der Waals surface area contributed by atoms with Crippen LogP contribution in [0.1, 0.15) is 84.5 Å². The summed E-state index contributed by atoms with van der Waals surface area (Å²) < 4.78 is 0. The number of hydrogen-bond acceptors (Lipinski definition) is 0. The van der Waals surface area contributed by atoms with E-state index in [0.29, 0.717) is 0 Å². The van der Waals surface area contributed by atoms with E-state index in [1.54, 1.807) is 12.8 Å². The Morgan fingerprint density at radius 3 is 1.76 bits per heavy atom. The molecule has 0 heterocycles. The van der Waals surface area contributed by atoms with Gasteiger partial charge in [-0.2, -0.15) is 0 Å². The van der Waals surface area contributed by atoms with E-state index >= 15 is 0 Å². The fourth-order valence-corrected chi connectivity index (χ4v) is 3.53. The molecule has 0 saturated heterocycles. The van der Waals surface area contributed by atoms with Crippen molar-refractivity contribution in [1.82, 2.24) is 0 Å². The van der Waals surface area contributed by atoms with Gasteiger partial charge in [0.25, 0.3) is 0 Å². The van der Waals surface area contributed by atoms with Crippen molar-refractivity contribution < 1.29 is 0 Å². The van der Waals surface area contributed by atoms with Crippen LogP contribution in [0.3, 0.4) is 0 Å². The van der Waals surface area contributed by atoms with E-state index in [9.17, 15) is 0 Å². The second-order valence-electron chi connectivity index (χ2n) is 6.15. The average molecular weight is 236 g/mol. The van der Waals surface area contributed by atoms with Crippen molar-refractivity contribution in [2.75, 3.05) is 0 Å². The van der Waals surface area contributed by atoms with Crippen molar-refractivity contribution in [2.24, 2.45) is 0 Å². The minimum absolute atomic E-state index is 1.08. The van der Waals surface area contributed by atoms with Crippen molar-refractivity contribution >= 4 is 6.71 Å². The summed E-state index contributed by atoms with van der Waals surface area (Å²) in [5, 5.41) is 0. The summed E-state index contributed by atoms with van der Waals surface area (Å²) in [7, 11) is 0. The number of unbranched alkanes of at least 4 members (excludes halogenated alkanes) is 4. The first-order valence-corrected chi connectivity index (χ1v) is 8.38. The molecule has 100 valence electrons. The van der Waals surface area contributed by atoms with Gasteiger partial charge < -0.3 is 0 Å². The van der Waals surface area contributed by atoms with Crippen LogP contribution in [-0.4, -0.2) is 6.71 Å². The van der Waals surface area contributed by atoms with Crippen molar-refractivity contribution in [3.05, 3.63) is 0 Å². The SMILES string of the molecule is CCCCCB(CCCCC)C1CCCCC1. The molecule has 1 aliphatic carbocycles. The first-order chi connectivity index (χ1) is 8.38. The predicted octanol–water partition coefficient (Wildman–Crippen LogP) is 6.20. The molecular formula is C16H33B. The molecule has 1 aliphatic rings. The monoisotopic (exact) mass is 236 g/mol. The van der Waals surface area contributed by atoms with Crippen LogP contribution in [0.15, 0.2) is 0 Å². The van der Waals surface area contributed by atoms with Gasteiger partial charge in [-0.3, -0.25) is 0 Å². The molecular weight excluding hydrogens is 203 g/mol. The lowest BCUT2D eigenvalue weighted by Gasteiger charge is -2.28. The molecule has 1 rings (SSSR count). The molecule has 1 fully saturated rings. The van der Waals surface area contributed by atoms with Gasteiger partial charge in [-0.05, 0) is 0 Å². The molecule has 0 aromatic heterocycles. The van der Waals surface area contributed by atoms with E-state index in [1.807, 2.05) is 0 Å². The van der Waals surface area contributed by atoms with Crippen molar-refractivity contribution in [3.63, 3.8) is 0 Å². The van der Waals surface area contributed by atoms with E-state index in [2.05, 4.69) is 13.8 Å². The van der Waals surface area contributed by atoms with Crippen LogP contribution < -0.4 is 0 Å². The molecule has 0 amide bonds. The Kier molecular flexibility index (Phi) is 8.92. The van der Waals surface area contributed by atoms with Gasteiger partial charge in [0.1, 0.15) is 6.71 Å². The highest BCUT2D eigenvalue weighted by Gasteiger charge is 2.25. The Morgan fingerprint density at radius 1 is 0.765 bits per heavy atom. The average Bonchev–Trinajstić information content (AvgIpc) is 2.38. The number of rotatable bonds is 9. The number of hydrogen-bond donors (Lipinski definition) is 0. The van der Waals surface area contributed by atoms with E-state index < -0.39 is 0 Å². The zero-order valence-corrected chi connectivity index (χ0v) is 12.3. The van der Waals surface area contributed by atoms with E-state index in [-0.39, 0.29) is 0 Å². The Balaban J connectivity index is 2.27. The Labute approximate surface area is 110 Å². The third kappa shape index (κ3) is 6.53. The normalized spacial score (nSPS) is 17.3. The molecule has 0 aliphatic heterocycles. The predicted molar refractivity (Wildman–Crippen MR) is 81.3 cm³/mol. The van der Waals surface area contributed by atoms with Gasteiger partial charge in [0, 0.05) is 0 Å². The minimum atomic E-state index is 1.08. The van der Waals surface area contributed by atoms with Crippen molar-refractivity contribution in [1.29, 1.82) is 0 Å². The molecule has 0 atom stereocenters. The topological polar surface area (TPSA) is 0 Å². The van der Waals surface area contributed by atoms with Gasteiger partial charge in [0.2, 0.25) is 0 Å². The highest BCUT2D eigenvalue weighted by molar-refractivity contribution is 6.60. The molecule has 0 bridgehead atoms. The largest absolute Gasteiger partial charge is 0.143 e. The van der Waals surface area contributed by atoms with Crippen LogP contribution in [0.25, 0.3) is 0 Å². The van der Waals surface area contributed by atoms with Crippen molar-refractivity contribution in [3.8, 4) is 0 Å². The standard InChI is InChI=1S/C16H33B/c1-3-5-10-14-17(15-11-6-4-2)16-12-8-7-9-13-16/h16H,3-15H2,1-2H3. The van der Waals surface area contributed by atoms with Crippen LogP contribution >= 0.6 is 0 Å². The van der Waals surface area contributed by atoms with Gasteiger partial charge in [0.05, 0.1) is 0 Å². The summed E-state index contributed by atoms with van der Waals surface area (Å²) in [5.41, 5.74) is 0. The fourth-order valence-electron chi connectivity index (χ4n) is 3.53. The molecule has 0 aromatic rings. The summed E-state index contributed by atoms with van der Waals surface area (Å²) in [5.74, 6) is 1.09. The van der Waals surface area contributed by atoms with Crippen LogP contribution in [0, 0.1) is 0 Å². The second kappa shape index (κ2) is 10.0. The summed E-state index contributed by atoms with van der Waals surface area (Å²) in [4.78, 5) is 0. The van der Waals surface area contributed by atoms with Gasteiger partial charge in [0.15, 0.2) is 0 Å². The van der Waals surface area contributed by atoms with Gasteiger partial charge >= 0.3 is 0 Å². The summed E-state index contributed by atoms with van der Waals surface area (Å²) >= 11 is 0. The third-order valence-corrected chi connectivity index (χ3v) is 4.67. The third-order valence-electron chi connectivity index (χ3n) is 4.67. The Morgan fingerprint density at radius 2 is 1.29 bits per heavy atom. The Bertz CT molecular complexity index is 151. The van der Waals surface area contributed by atoms with Gasteiger partial charge in [-0.25, -0.2) is 0 Å². The maximum absolute atomic E-state index is 2.33. The van der Waals surface area contributed by atoms with Crippen LogP contribution in [0.5, 0.6) is 0 Å². The summed E-state index contributed by atoms with van der Waals surface area (Å²) in [6.07, 6.45) is 19.3. The lowest BCUT2D eigenvalue weighted by Crippen LogP contribution is -2.22. The molecule has 1 heteroatoms.